The molecule has 0 spiro atoms. The van der Waals surface area contributed by atoms with Crippen LogP contribution in [0.2, 0.25) is 0 Å². The second-order valence-electron chi connectivity index (χ2n) is 5.23. The summed E-state index contributed by atoms with van der Waals surface area (Å²) in [6.07, 6.45) is 0. The van der Waals surface area contributed by atoms with Crippen molar-refractivity contribution < 1.29 is 4.39 Å². The summed E-state index contributed by atoms with van der Waals surface area (Å²) in [5, 5.41) is 1.04. The second kappa shape index (κ2) is 4.78. The zero-order valence-corrected chi connectivity index (χ0v) is 11.4. The number of likely N-dealkylation sites (N-methyl/N-ethyl adjacent to an activating group) is 1. The number of anilines is 1. The van der Waals surface area contributed by atoms with E-state index in [1.54, 1.807) is 6.07 Å². The van der Waals surface area contributed by atoms with Crippen LogP contribution in [0.3, 0.4) is 0 Å². The molecule has 0 radical (unpaired) electrons. The quantitative estimate of drug-likeness (QED) is 0.784. The number of pyridine rings is 1. The molecule has 0 N–H and O–H groups in total. The standard InChI is InChI=1S/C15H18FN3/c1-11-3-4-13-14(17-11)9-12(16)10-15(13)19-7-5-18(2)6-8-19/h3-4,9-10H,5-8H2,1-2H3. The minimum atomic E-state index is -0.209. The number of benzene rings is 1. The van der Waals surface area contributed by atoms with Gasteiger partial charge in [-0.3, -0.25) is 4.98 Å². The van der Waals surface area contributed by atoms with E-state index < -0.39 is 0 Å². The maximum atomic E-state index is 13.8. The lowest BCUT2D eigenvalue weighted by molar-refractivity contribution is 0.313. The number of hydrogen-bond donors (Lipinski definition) is 0. The van der Waals surface area contributed by atoms with Crippen LogP contribution in [0, 0.1) is 12.7 Å². The molecule has 3 nitrogen and oxygen atoms in total. The van der Waals surface area contributed by atoms with E-state index >= 15 is 0 Å². The molecule has 2 heterocycles. The highest BCUT2D eigenvalue weighted by Crippen LogP contribution is 2.28. The normalized spacial score (nSPS) is 17.1. The summed E-state index contributed by atoms with van der Waals surface area (Å²) in [5.74, 6) is -0.209. The van der Waals surface area contributed by atoms with Gasteiger partial charge in [0.15, 0.2) is 0 Å². The molecule has 19 heavy (non-hydrogen) atoms. The fraction of sp³-hybridized carbons (Fsp3) is 0.400. The Labute approximate surface area is 112 Å². The molecule has 1 aromatic heterocycles. The molecule has 0 unspecified atom stereocenters. The van der Waals surface area contributed by atoms with Crippen LogP contribution in [0.25, 0.3) is 10.9 Å². The number of nitrogens with zero attached hydrogens (tertiary/aromatic N) is 3. The molecule has 0 aliphatic carbocycles. The van der Waals surface area contributed by atoms with Crippen LogP contribution in [-0.2, 0) is 0 Å². The number of aryl methyl sites for hydroxylation is 1. The fourth-order valence-electron chi connectivity index (χ4n) is 2.59. The van der Waals surface area contributed by atoms with Crippen molar-refractivity contribution >= 4 is 16.6 Å². The highest BCUT2D eigenvalue weighted by Gasteiger charge is 2.17. The van der Waals surface area contributed by atoms with Crippen LogP contribution >= 0.6 is 0 Å². The van der Waals surface area contributed by atoms with Gasteiger partial charge in [-0.2, -0.15) is 0 Å². The third-order valence-electron chi connectivity index (χ3n) is 3.73. The Kier molecular flexibility index (Phi) is 3.11. The first-order valence-corrected chi connectivity index (χ1v) is 6.64. The van der Waals surface area contributed by atoms with Crippen LogP contribution in [0.1, 0.15) is 5.69 Å². The Morgan fingerprint density at radius 3 is 2.58 bits per heavy atom. The Balaban J connectivity index is 2.07. The summed E-state index contributed by atoms with van der Waals surface area (Å²) in [5.41, 5.74) is 2.63. The van der Waals surface area contributed by atoms with Gasteiger partial charge < -0.3 is 9.80 Å². The third-order valence-corrected chi connectivity index (χ3v) is 3.73. The first-order chi connectivity index (χ1) is 9.13. The van der Waals surface area contributed by atoms with Gasteiger partial charge in [0.1, 0.15) is 5.82 Å². The van der Waals surface area contributed by atoms with Gasteiger partial charge >= 0.3 is 0 Å². The lowest BCUT2D eigenvalue weighted by atomic mass is 10.1. The van der Waals surface area contributed by atoms with Crippen LogP contribution in [0.5, 0.6) is 0 Å². The van der Waals surface area contributed by atoms with Gasteiger partial charge in [-0.25, -0.2) is 4.39 Å². The van der Waals surface area contributed by atoms with Gasteiger partial charge in [0.25, 0.3) is 0 Å². The van der Waals surface area contributed by atoms with Crippen molar-refractivity contribution in [2.24, 2.45) is 0 Å². The summed E-state index contributed by atoms with van der Waals surface area (Å²) in [7, 11) is 2.12. The minimum Gasteiger partial charge on any atom is -0.368 e. The van der Waals surface area contributed by atoms with E-state index in [2.05, 4.69) is 21.8 Å². The van der Waals surface area contributed by atoms with E-state index in [9.17, 15) is 4.39 Å². The van der Waals surface area contributed by atoms with Gasteiger partial charge in [0.2, 0.25) is 0 Å². The molecule has 4 heteroatoms. The highest BCUT2D eigenvalue weighted by atomic mass is 19.1. The topological polar surface area (TPSA) is 19.4 Å². The largest absolute Gasteiger partial charge is 0.368 e. The molecule has 0 bridgehead atoms. The number of piperazine rings is 1. The first-order valence-electron chi connectivity index (χ1n) is 6.64. The van der Waals surface area contributed by atoms with E-state index in [4.69, 9.17) is 0 Å². The van der Waals surface area contributed by atoms with Crippen LogP contribution in [-0.4, -0.2) is 43.1 Å². The monoisotopic (exact) mass is 259 g/mol. The second-order valence-corrected chi connectivity index (χ2v) is 5.23. The van der Waals surface area contributed by atoms with Crippen LogP contribution in [0.4, 0.5) is 10.1 Å². The van der Waals surface area contributed by atoms with E-state index in [1.165, 1.54) is 6.07 Å². The number of aromatic nitrogens is 1. The zero-order valence-electron chi connectivity index (χ0n) is 11.4. The van der Waals surface area contributed by atoms with Crippen molar-refractivity contribution in [3.8, 4) is 0 Å². The maximum Gasteiger partial charge on any atom is 0.127 e. The summed E-state index contributed by atoms with van der Waals surface area (Å²) in [4.78, 5) is 8.97. The van der Waals surface area contributed by atoms with Crippen molar-refractivity contribution in [1.82, 2.24) is 9.88 Å². The van der Waals surface area contributed by atoms with Crippen LogP contribution < -0.4 is 4.90 Å². The number of halogens is 1. The van der Waals surface area contributed by atoms with E-state index in [-0.39, 0.29) is 5.82 Å². The van der Waals surface area contributed by atoms with Gasteiger partial charge in [-0.05, 0) is 32.2 Å². The predicted molar refractivity (Wildman–Crippen MR) is 76.1 cm³/mol. The average Bonchev–Trinajstić information content (AvgIpc) is 2.38. The lowest BCUT2D eigenvalue weighted by Gasteiger charge is -2.34. The lowest BCUT2D eigenvalue weighted by Crippen LogP contribution is -2.44. The zero-order chi connectivity index (χ0) is 13.4. The molecule has 0 atom stereocenters. The first kappa shape index (κ1) is 12.4. The van der Waals surface area contributed by atoms with Crippen molar-refractivity contribution in [3.05, 3.63) is 35.8 Å². The number of hydrogen-bond acceptors (Lipinski definition) is 3. The SMILES string of the molecule is Cc1ccc2c(N3CCN(C)CC3)cc(F)cc2n1. The molecule has 1 fully saturated rings. The van der Waals surface area contributed by atoms with Gasteiger partial charge in [-0.1, -0.05) is 0 Å². The summed E-state index contributed by atoms with van der Waals surface area (Å²) >= 11 is 0. The molecule has 1 saturated heterocycles. The van der Waals surface area contributed by atoms with Crippen molar-refractivity contribution in [1.29, 1.82) is 0 Å². The van der Waals surface area contributed by atoms with Gasteiger partial charge in [0.05, 0.1) is 5.52 Å². The van der Waals surface area contributed by atoms with Crippen LogP contribution in [0.15, 0.2) is 24.3 Å². The molecular formula is C15H18FN3. The average molecular weight is 259 g/mol. The molecule has 1 aliphatic rings. The predicted octanol–water partition coefficient (Wildman–Crippen LogP) is 2.43. The Morgan fingerprint density at radius 1 is 1.11 bits per heavy atom. The Morgan fingerprint density at radius 2 is 1.84 bits per heavy atom. The smallest absolute Gasteiger partial charge is 0.127 e. The van der Waals surface area contributed by atoms with Crippen molar-refractivity contribution in [3.63, 3.8) is 0 Å². The molecule has 0 amide bonds. The van der Waals surface area contributed by atoms with Crippen molar-refractivity contribution in [2.45, 2.75) is 6.92 Å². The summed E-state index contributed by atoms with van der Waals surface area (Å²) in [6, 6.07) is 7.18. The Bertz CT molecular complexity index is 598. The molecule has 1 aromatic carbocycles. The highest BCUT2D eigenvalue weighted by molar-refractivity contribution is 5.92. The van der Waals surface area contributed by atoms with E-state index in [1.807, 2.05) is 19.1 Å². The molecule has 2 aromatic rings. The summed E-state index contributed by atoms with van der Waals surface area (Å²) < 4.78 is 13.8. The summed E-state index contributed by atoms with van der Waals surface area (Å²) in [6.45, 7) is 5.82. The van der Waals surface area contributed by atoms with Crippen molar-refractivity contribution in [2.75, 3.05) is 38.1 Å². The molecule has 100 valence electrons. The maximum absolute atomic E-state index is 13.8. The fourth-order valence-corrected chi connectivity index (χ4v) is 2.59. The van der Waals surface area contributed by atoms with E-state index in [0.29, 0.717) is 0 Å². The third kappa shape index (κ3) is 2.40. The molecular weight excluding hydrogens is 241 g/mol. The van der Waals surface area contributed by atoms with E-state index in [0.717, 1.165) is 48.5 Å². The Hall–Kier alpha value is -1.68. The van der Waals surface area contributed by atoms with Gasteiger partial charge in [0, 0.05) is 49.0 Å². The number of rotatable bonds is 1. The molecule has 0 saturated carbocycles. The number of fused-ring (bicyclic) bond motifs is 1. The molecule has 1 aliphatic heterocycles. The molecule has 3 rings (SSSR count). The van der Waals surface area contributed by atoms with Gasteiger partial charge in [-0.15, -0.1) is 0 Å². The minimum absolute atomic E-state index is 0.209.